The van der Waals surface area contributed by atoms with Crippen LogP contribution in [0, 0.1) is 0 Å². The van der Waals surface area contributed by atoms with Crippen molar-refractivity contribution in [3.63, 3.8) is 0 Å². The highest BCUT2D eigenvalue weighted by Gasteiger charge is 2.14. The van der Waals surface area contributed by atoms with Crippen molar-refractivity contribution in [1.82, 2.24) is 0 Å². The van der Waals surface area contributed by atoms with Crippen LogP contribution in [0.25, 0.3) is 21.5 Å². The van der Waals surface area contributed by atoms with E-state index in [0.29, 0.717) is 6.42 Å². The van der Waals surface area contributed by atoms with Crippen molar-refractivity contribution in [2.24, 2.45) is 0 Å². The number of hydrogen-bond acceptors (Lipinski definition) is 1. The molecule has 0 fully saturated rings. The number of carboxylic acid groups (broad SMARTS) is 1. The fourth-order valence-corrected chi connectivity index (χ4v) is 3.80. The van der Waals surface area contributed by atoms with Gasteiger partial charge in [0.2, 0.25) is 0 Å². The van der Waals surface area contributed by atoms with Gasteiger partial charge in [-0.1, -0.05) is 78.9 Å². The lowest BCUT2D eigenvalue weighted by Gasteiger charge is -2.17. The average Bonchev–Trinajstić information content (AvgIpc) is 2.68. The molecule has 0 bridgehead atoms. The zero-order valence-electron chi connectivity index (χ0n) is 14.5. The minimum absolute atomic E-state index is 0.145. The quantitative estimate of drug-likeness (QED) is 0.480. The normalized spacial score (nSPS) is 11.1. The summed E-state index contributed by atoms with van der Waals surface area (Å²) < 4.78 is 0. The van der Waals surface area contributed by atoms with Crippen molar-refractivity contribution in [1.29, 1.82) is 0 Å². The summed E-state index contributed by atoms with van der Waals surface area (Å²) in [5.74, 6) is -0.758. The van der Waals surface area contributed by atoms with Crippen LogP contribution in [0.1, 0.15) is 23.1 Å². The molecule has 4 aromatic carbocycles. The fraction of sp³-hybridized carbons (Fsp3) is 0.125. The predicted octanol–water partition coefficient (Wildman–Crippen LogP) is 5.60. The summed E-state index contributed by atoms with van der Waals surface area (Å²) in [6.45, 7) is 0. The molecular formula is C24H20O2. The maximum Gasteiger partial charge on any atom is 0.303 e. The highest BCUT2D eigenvalue weighted by atomic mass is 16.4. The minimum Gasteiger partial charge on any atom is -0.481 e. The Hall–Kier alpha value is -3.13. The molecule has 0 aliphatic heterocycles. The van der Waals surface area contributed by atoms with Crippen LogP contribution in [0.5, 0.6) is 0 Å². The molecule has 2 nitrogen and oxygen atoms in total. The first-order valence-electron chi connectivity index (χ1n) is 8.91. The van der Waals surface area contributed by atoms with Gasteiger partial charge in [0.25, 0.3) is 0 Å². The molecule has 0 aliphatic rings. The maximum atomic E-state index is 11.2. The highest BCUT2D eigenvalue weighted by molar-refractivity contribution is 6.06. The van der Waals surface area contributed by atoms with Crippen molar-refractivity contribution in [2.45, 2.75) is 19.3 Å². The van der Waals surface area contributed by atoms with Crippen LogP contribution in [-0.4, -0.2) is 11.1 Å². The number of benzene rings is 4. The molecule has 0 saturated heterocycles. The molecule has 0 aromatic heterocycles. The van der Waals surface area contributed by atoms with E-state index >= 15 is 0 Å². The standard InChI is InChI=1S/C24H20O2/c25-24(26)15-14-22-18-10-4-6-12-20(18)23(16-17-8-2-1-3-9-17)21-13-7-5-11-19(21)22/h1-13H,14-16H2,(H,25,26). The van der Waals surface area contributed by atoms with Crippen LogP contribution in [0.3, 0.4) is 0 Å². The Bertz CT molecular complexity index is 1020. The average molecular weight is 340 g/mol. The Kier molecular flexibility index (Phi) is 4.40. The molecule has 0 radical (unpaired) electrons. The molecule has 0 atom stereocenters. The molecule has 0 saturated carbocycles. The number of rotatable bonds is 5. The van der Waals surface area contributed by atoms with Gasteiger partial charge in [0, 0.05) is 6.42 Å². The van der Waals surface area contributed by atoms with Gasteiger partial charge in [-0.25, -0.2) is 0 Å². The van der Waals surface area contributed by atoms with E-state index in [2.05, 4.69) is 60.7 Å². The summed E-state index contributed by atoms with van der Waals surface area (Å²) in [7, 11) is 0. The largest absolute Gasteiger partial charge is 0.481 e. The van der Waals surface area contributed by atoms with Crippen LogP contribution in [0.2, 0.25) is 0 Å². The third-order valence-electron chi connectivity index (χ3n) is 4.97. The topological polar surface area (TPSA) is 37.3 Å². The van der Waals surface area contributed by atoms with Gasteiger partial charge in [-0.05, 0) is 51.1 Å². The van der Waals surface area contributed by atoms with Crippen molar-refractivity contribution in [3.05, 3.63) is 95.6 Å². The van der Waals surface area contributed by atoms with Crippen molar-refractivity contribution < 1.29 is 9.90 Å². The van der Waals surface area contributed by atoms with Gasteiger partial charge >= 0.3 is 5.97 Å². The van der Waals surface area contributed by atoms with E-state index in [1.165, 1.54) is 32.7 Å². The van der Waals surface area contributed by atoms with Crippen molar-refractivity contribution in [3.8, 4) is 0 Å². The minimum atomic E-state index is -0.758. The van der Waals surface area contributed by atoms with Crippen LogP contribution < -0.4 is 0 Å². The monoisotopic (exact) mass is 340 g/mol. The maximum absolute atomic E-state index is 11.2. The van der Waals surface area contributed by atoms with Crippen LogP contribution in [0.15, 0.2) is 78.9 Å². The second-order valence-corrected chi connectivity index (χ2v) is 6.60. The van der Waals surface area contributed by atoms with Gasteiger partial charge in [-0.2, -0.15) is 0 Å². The molecular weight excluding hydrogens is 320 g/mol. The summed E-state index contributed by atoms with van der Waals surface area (Å²) in [6, 6.07) is 27.2. The smallest absolute Gasteiger partial charge is 0.303 e. The second kappa shape index (κ2) is 7.01. The second-order valence-electron chi connectivity index (χ2n) is 6.60. The van der Waals surface area contributed by atoms with Crippen LogP contribution >= 0.6 is 0 Å². The highest BCUT2D eigenvalue weighted by Crippen LogP contribution is 2.35. The van der Waals surface area contributed by atoms with Gasteiger partial charge in [0.1, 0.15) is 0 Å². The summed E-state index contributed by atoms with van der Waals surface area (Å²) in [5.41, 5.74) is 3.72. The number of hydrogen-bond donors (Lipinski definition) is 1. The van der Waals surface area contributed by atoms with E-state index in [-0.39, 0.29) is 6.42 Å². The SMILES string of the molecule is O=C(O)CCc1c2ccccc2c(Cc2ccccc2)c2ccccc12. The molecule has 1 N–H and O–H groups in total. The Morgan fingerprint density at radius 3 is 1.62 bits per heavy atom. The first kappa shape index (κ1) is 16.3. The fourth-order valence-electron chi connectivity index (χ4n) is 3.80. The molecule has 0 amide bonds. The number of aliphatic carboxylic acids is 1. The Morgan fingerprint density at radius 2 is 1.12 bits per heavy atom. The van der Waals surface area contributed by atoms with E-state index in [1.807, 2.05) is 18.2 Å². The number of carboxylic acids is 1. The first-order chi connectivity index (χ1) is 12.7. The molecule has 0 unspecified atom stereocenters. The zero-order chi connectivity index (χ0) is 17.9. The summed E-state index contributed by atoms with van der Waals surface area (Å²) in [6.07, 6.45) is 1.55. The molecule has 128 valence electrons. The van der Waals surface area contributed by atoms with E-state index < -0.39 is 5.97 Å². The van der Waals surface area contributed by atoms with Crippen molar-refractivity contribution in [2.75, 3.05) is 0 Å². The Labute approximate surface area is 152 Å². The van der Waals surface area contributed by atoms with Crippen molar-refractivity contribution >= 4 is 27.5 Å². The molecule has 2 heteroatoms. The summed E-state index contributed by atoms with van der Waals surface area (Å²) in [5, 5.41) is 13.9. The van der Waals surface area contributed by atoms with E-state index in [0.717, 1.165) is 12.0 Å². The van der Waals surface area contributed by atoms with Gasteiger partial charge < -0.3 is 5.11 Å². The molecule has 4 rings (SSSR count). The third-order valence-corrected chi connectivity index (χ3v) is 4.97. The Balaban J connectivity index is 1.99. The molecule has 0 aliphatic carbocycles. The predicted molar refractivity (Wildman–Crippen MR) is 107 cm³/mol. The van der Waals surface area contributed by atoms with E-state index in [4.69, 9.17) is 5.11 Å². The zero-order valence-corrected chi connectivity index (χ0v) is 14.5. The molecule has 0 heterocycles. The lowest BCUT2D eigenvalue weighted by molar-refractivity contribution is -0.136. The lowest BCUT2D eigenvalue weighted by Crippen LogP contribution is -2.01. The molecule has 0 spiro atoms. The first-order valence-corrected chi connectivity index (χ1v) is 8.91. The number of fused-ring (bicyclic) bond motifs is 2. The van der Waals surface area contributed by atoms with Gasteiger partial charge in [-0.15, -0.1) is 0 Å². The van der Waals surface area contributed by atoms with Crippen LogP contribution in [-0.2, 0) is 17.6 Å². The van der Waals surface area contributed by atoms with Gasteiger partial charge in [0.15, 0.2) is 0 Å². The van der Waals surface area contributed by atoms with Gasteiger partial charge in [0.05, 0.1) is 0 Å². The summed E-state index contributed by atoms with van der Waals surface area (Å²) >= 11 is 0. The lowest BCUT2D eigenvalue weighted by atomic mass is 9.87. The number of aryl methyl sites for hydroxylation is 1. The number of carbonyl (C=O) groups is 1. The van der Waals surface area contributed by atoms with E-state index in [1.54, 1.807) is 0 Å². The molecule has 26 heavy (non-hydrogen) atoms. The third kappa shape index (κ3) is 3.06. The van der Waals surface area contributed by atoms with Gasteiger partial charge in [-0.3, -0.25) is 4.79 Å². The van der Waals surface area contributed by atoms with E-state index in [9.17, 15) is 4.79 Å². The Morgan fingerprint density at radius 1 is 0.654 bits per heavy atom. The van der Waals surface area contributed by atoms with Crippen LogP contribution in [0.4, 0.5) is 0 Å². The summed E-state index contributed by atoms with van der Waals surface area (Å²) in [4.78, 5) is 11.2. The molecule has 4 aromatic rings.